The fraction of sp³-hybridized carbons (Fsp3) is 0.929. The van der Waals surface area contributed by atoms with Gasteiger partial charge in [0.1, 0.15) is 12.4 Å². The maximum atomic E-state index is 14.1. The average molecular weight is 540 g/mol. The first-order chi connectivity index (χ1) is 17.1. The van der Waals surface area contributed by atoms with E-state index < -0.39 is 28.2 Å². The molecule has 0 amide bonds. The van der Waals surface area contributed by atoms with Gasteiger partial charge in [0.15, 0.2) is 5.78 Å². The van der Waals surface area contributed by atoms with E-state index in [4.69, 9.17) is 8.92 Å². The first kappa shape index (κ1) is 27.7. The lowest BCUT2D eigenvalue weighted by atomic mass is 9.43. The van der Waals surface area contributed by atoms with Gasteiger partial charge in [-0.1, -0.05) is 13.8 Å². The summed E-state index contributed by atoms with van der Waals surface area (Å²) in [4.78, 5) is 29.5. The SMILES string of the molecule is CC1(C)CN(C2C[C@@]3(C)[C@@H](CC[C@H]4[C@@H]5CC[C@H](C(=O)COS(C)(=O)=O)[C@@]5(C)CC(=O)[C@@H]43)C[C@@H]2O)CCO1. The molecule has 9 atom stereocenters. The Morgan fingerprint density at radius 1 is 1.14 bits per heavy atom. The summed E-state index contributed by atoms with van der Waals surface area (Å²) in [6.45, 7) is 10.4. The van der Waals surface area contributed by atoms with Gasteiger partial charge in [-0.05, 0) is 81.0 Å². The van der Waals surface area contributed by atoms with E-state index in [9.17, 15) is 23.1 Å². The summed E-state index contributed by atoms with van der Waals surface area (Å²) >= 11 is 0. The highest BCUT2D eigenvalue weighted by atomic mass is 32.2. The van der Waals surface area contributed by atoms with Gasteiger partial charge in [0, 0.05) is 37.4 Å². The van der Waals surface area contributed by atoms with Crippen molar-refractivity contribution in [3.8, 4) is 0 Å². The molecule has 37 heavy (non-hydrogen) atoms. The van der Waals surface area contributed by atoms with Crippen molar-refractivity contribution < 1.29 is 32.0 Å². The van der Waals surface area contributed by atoms with Gasteiger partial charge in [-0.3, -0.25) is 18.7 Å². The van der Waals surface area contributed by atoms with E-state index in [-0.39, 0.29) is 52.3 Å². The highest BCUT2D eigenvalue weighted by molar-refractivity contribution is 7.86. The van der Waals surface area contributed by atoms with Crippen LogP contribution in [0.15, 0.2) is 0 Å². The Morgan fingerprint density at radius 2 is 1.86 bits per heavy atom. The van der Waals surface area contributed by atoms with E-state index in [1.807, 2.05) is 0 Å². The molecule has 0 aromatic rings. The van der Waals surface area contributed by atoms with Crippen molar-refractivity contribution in [2.24, 2.45) is 40.4 Å². The molecule has 0 aromatic heterocycles. The number of carbonyl (C=O) groups excluding carboxylic acids is 2. The molecule has 0 bridgehead atoms. The molecule has 8 nitrogen and oxygen atoms in total. The lowest BCUT2D eigenvalue weighted by Crippen LogP contribution is -2.64. The van der Waals surface area contributed by atoms with Gasteiger partial charge in [-0.2, -0.15) is 8.42 Å². The number of Topliss-reactive ketones (excluding diaryl/α,β-unsaturated/α-hetero) is 2. The molecular formula is C28H45NO7S. The van der Waals surface area contributed by atoms with Crippen LogP contribution in [0.1, 0.15) is 72.6 Å². The second-order valence-electron chi connectivity index (χ2n) is 13.9. The summed E-state index contributed by atoms with van der Waals surface area (Å²) in [7, 11) is -3.70. The molecule has 4 saturated carbocycles. The molecule has 5 rings (SSSR count). The Bertz CT molecular complexity index is 1040. The van der Waals surface area contributed by atoms with Gasteiger partial charge in [0.2, 0.25) is 0 Å². The molecule has 5 aliphatic rings. The van der Waals surface area contributed by atoms with E-state index in [1.165, 1.54) is 0 Å². The van der Waals surface area contributed by atoms with Crippen LogP contribution in [0.25, 0.3) is 0 Å². The molecule has 1 saturated heterocycles. The van der Waals surface area contributed by atoms with Gasteiger partial charge < -0.3 is 9.84 Å². The number of rotatable bonds is 5. The third-order valence-corrected chi connectivity index (χ3v) is 11.6. The maximum absolute atomic E-state index is 14.1. The minimum Gasteiger partial charge on any atom is -0.391 e. The summed E-state index contributed by atoms with van der Waals surface area (Å²) in [6.07, 6.45) is 6.03. The lowest BCUT2D eigenvalue weighted by molar-refractivity contribution is -0.177. The van der Waals surface area contributed by atoms with Gasteiger partial charge in [-0.25, -0.2) is 0 Å². The van der Waals surface area contributed by atoms with Crippen LogP contribution in [-0.2, 0) is 28.6 Å². The summed E-state index contributed by atoms with van der Waals surface area (Å²) in [6, 6.07) is 0.0235. The Balaban J connectivity index is 1.38. The lowest BCUT2D eigenvalue weighted by Gasteiger charge is -2.62. The van der Waals surface area contributed by atoms with Crippen molar-refractivity contribution in [2.45, 2.75) is 90.4 Å². The second-order valence-corrected chi connectivity index (χ2v) is 15.5. The summed E-state index contributed by atoms with van der Waals surface area (Å²) in [5.41, 5.74) is -0.865. The minimum absolute atomic E-state index is 0.0235. The number of fused-ring (bicyclic) bond motifs is 5. The van der Waals surface area contributed by atoms with Crippen LogP contribution >= 0.6 is 0 Å². The highest BCUT2D eigenvalue weighted by Gasteiger charge is 2.65. The molecular weight excluding hydrogens is 494 g/mol. The number of aliphatic hydroxyl groups excluding tert-OH is 1. The van der Waals surface area contributed by atoms with Crippen LogP contribution in [0, 0.1) is 40.4 Å². The quantitative estimate of drug-likeness (QED) is 0.531. The van der Waals surface area contributed by atoms with Crippen molar-refractivity contribution in [3.63, 3.8) is 0 Å². The smallest absolute Gasteiger partial charge is 0.264 e. The number of hydrogen-bond acceptors (Lipinski definition) is 8. The molecule has 5 fully saturated rings. The molecule has 1 unspecified atom stereocenters. The standard InChI is InChI=1S/C28H45NO7S/c1-26(2)16-29(10-11-35-26)21-13-27(3)17(12-22(21)30)6-7-18-19-8-9-20(24(32)15-36-37(5,33)34)28(19,4)14-23(31)25(18)27/h17-22,25,30H,6-16H2,1-5H3/t17-,18-,19-,20+,21?,22-,25+,27-,28-/m0/s1. The van der Waals surface area contributed by atoms with Crippen LogP contribution < -0.4 is 0 Å². The molecule has 1 aliphatic heterocycles. The summed E-state index contributed by atoms with van der Waals surface area (Å²) < 4.78 is 33.7. The van der Waals surface area contributed by atoms with Crippen molar-refractivity contribution in [1.82, 2.24) is 4.90 Å². The van der Waals surface area contributed by atoms with Crippen LogP contribution in [0.4, 0.5) is 0 Å². The normalized spacial score (nSPS) is 46.1. The number of hydrogen-bond donors (Lipinski definition) is 1. The molecule has 4 aliphatic carbocycles. The number of morpholine rings is 1. The Hall–Kier alpha value is -0.870. The first-order valence-electron chi connectivity index (χ1n) is 14.1. The van der Waals surface area contributed by atoms with Crippen molar-refractivity contribution >= 4 is 21.7 Å². The third kappa shape index (κ3) is 4.85. The van der Waals surface area contributed by atoms with Gasteiger partial charge in [-0.15, -0.1) is 0 Å². The molecule has 0 aromatic carbocycles. The Labute approximate surface area is 222 Å². The van der Waals surface area contributed by atoms with Crippen molar-refractivity contribution in [3.05, 3.63) is 0 Å². The highest BCUT2D eigenvalue weighted by Crippen LogP contribution is 2.66. The van der Waals surface area contributed by atoms with Crippen LogP contribution in [-0.4, -0.2) is 80.3 Å². The fourth-order valence-electron chi connectivity index (χ4n) is 9.60. The number of carbonyl (C=O) groups is 2. The Kier molecular flexibility index (Phi) is 7.00. The average Bonchev–Trinajstić information content (AvgIpc) is 3.12. The number of aliphatic hydroxyl groups is 1. The number of ketones is 2. The molecule has 0 radical (unpaired) electrons. The predicted octanol–water partition coefficient (Wildman–Crippen LogP) is 2.82. The topological polar surface area (TPSA) is 110 Å². The molecule has 0 spiro atoms. The van der Waals surface area contributed by atoms with E-state index in [2.05, 4.69) is 32.6 Å². The van der Waals surface area contributed by atoms with E-state index in [0.717, 1.165) is 51.4 Å². The van der Waals surface area contributed by atoms with E-state index in [0.29, 0.717) is 25.4 Å². The monoisotopic (exact) mass is 539 g/mol. The number of ether oxygens (including phenoxy) is 1. The second kappa shape index (κ2) is 9.36. The molecule has 1 N–H and O–H groups in total. The van der Waals surface area contributed by atoms with Crippen LogP contribution in [0.5, 0.6) is 0 Å². The van der Waals surface area contributed by atoms with Crippen LogP contribution in [0.3, 0.4) is 0 Å². The first-order valence-corrected chi connectivity index (χ1v) is 15.9. The van der Waals surface area contributed by atoms with Crippen molar-refractivity contribution in [2.75, 3.05) is 32.6 Å². The zero-order valence-corrected chi connectivity index (χ0v) is 23.9. The zero-order chi connectivity index (χ0) is 27.0. The van der Waals surface area contributed by atoms with Gasteiger partial charge in [0.25, 0.3) is 10.1 Å². The predicted molar refractivity (Wildman–Crippen MR) is 138 cm³/mol. The maximum Gasteiger partial charge on any atom is 0.264 e. The number of nitrogens with zero attached hydrogens (tertiary/aromatic N) is 1. The summed E-state index contributed by atoms with van der Waals surface area (Å²) in [5.74, 6) is 0.505. The largest absolute Gasteiger partial charge is 0.391 e. The third-order valence-electron chi connectivity index (χ3n) is 11.1. The van der Waals surface area contributed by atoms with E-state index >= 15 is 0 Å². The molecule has 1 heterocycles. The van der Waals surface area contributed by atoms with Crippen molar-refractivity contribution in [1.29, 1.82) is 0 Å². The van der Waals surface area contributed by atoms with Crippen LogP contribution in [0.2, 0.25) is 0 Å². The van der Waals surface area contributed by atoms with Gasteiger partial charge in [0.05, 0.1) is 24.6 Å². The molecule has 9 heteroatoms. The summed E-state index contributed by atoms with van der Waals surface area (Å²) in [5, 5.41) is 11.2. The minimum atomic E-state index is -3.70. The fourth-order valence-corrected chi connectivity index (χ4v) is 9.93. The molecule has 210 valence electrons. The van der Waals surface area contributed by atoms with E-state index in [1.54, 1.807) is 0 Å². The Morgan fingerprint density at radius 3 is 2.54 bits per heavy atom. The van der Waals surface area contributed by atoms with Gasteiger partial charge >= 0.3 is 0 Å². The zero-order valence-electron chi connectivity index (χ0n) is 23.1.